The van der Waals surface area contributed by atoms with Gasteiger partial charge in [0.25, 0.3) is 0 Å². The van der Waals surface area contributed by atoms with Crippen LogP contribution in [0, 0.1) is 6.92 Å². The molecule has 19 heavy (non-hydrogen) atoms. The van der Waals surface area contributed by atoms with Crippen LogP contribution in [0.4, 0.5) is 0 Å². The number of hydrogen-bond donors (Lipinski definition) is 0. The molecule has 0 amide bonds. The number of aryl methyl sites for hydroxylation is 1. The molecule has 0 fully saturated rings. The lowest BCUT2D eigenvalue weighted by atomic mass is 10.1. The summed E-state index contributed by atoms with van der Waals surface area (Å²) >= 11 is 12.5. The van der Waals surface area contributed by atoms with Crippen LogP contribution in [-0.2, 0) is 0 Å². The molecule has 0 bridgehead atoms. The molecule has 1 heterocycles. The molecule has 0 N–H and O–H groups in total. The van der Waals surface area contributed by atoms with Gasteiger partial charge < -0.3 is 0 Å². The molecule has 94 valence electrons. The standard InChI is InChI=1S/C16H11Cl2N/c1-10-6-7-11(8-13(10)17)16-9-14(18)12-4-2-3-5-15(12)19-16/h2-9H,1H3. The molecule has 0 aliphatic carbocycles. The molecule has 0 aliphatic rings. The molecule has 0 saturated heterocycles. The summed E-state index contributed by atoms with van der Waals surface area (Å²) in [5, 5.41) is 2.41. The van der Waals surface area contributed by atoms with Gasteiger partial charge in [0, 0.05) is 16.0 Å². The highest BCUT2D eigenvalue weighted by molar-refractivity contribution is 6.35. The third-order valence-electron chi connectivity index (χ3n) is 3.13. The first-order valence-electron chi connectivity index (χ1n) is 5.97. The number of benzene rings is 2. The van der Waals surface area contributed by atoms with Gasteiger partial charge in [0.15, 0.2) is 0 Å². The minimum Gasteiger partial charge on any atom is -0.248 e. The van der Waals surface area contributed by atoms with Crippen LogP contribution in [0.5, 0.6) is 0 Å². The monoisotopic (exact) mass is 287 g/mol. The smallest absolute Gasteiger partial charge is 0.0725 e. The highest BCUT2D eigenvalue weighted by atomic mass is 35.5. The quantitative estimate of drug-likeness (QED) is 0.574. The van der Waals surface area contributed by atoms with E-state index in [0.717, 1.165) is 32.7 Å². The van der Waals surface area contributed by atoms with Crippen LogP contribution in [0.3, 0.4) is 0 Å². The van der Waals surface area contributed by atoms with E-state index < -0.39 is 0 Å². The van der Waals surface area contributed by atoms with Crippen LogP contribution in [0.1, 0.15) is 5.56 Å². The van der Waals surface area contributed by atoms with E-state index in [1.54, 1.807) is 0 Å². The van der Waals surface area contributed by atoms with Gasteiger partial charge in [-0.1, -0.05) is 53.5 Å². The van der Waals surface area contributed by atoms with Crippen LogP contribution >= 0.6 is 23.2 Å². The second kappa shape index (κ2) is 4.84. The first-order valence-corrected chi connectivity index (χ1v) is 6.72. The van der Waals surface area contributed by atoms with E-state index in [9.17, 15) is 0 Å². The molecule has 3 rings (SSSR count). The van der Waals surface area contributed by atoms with Crippen LogP contribution in [0.2, 0.25) is 10.0 Å². The summed E-state index contributed by atoms with van der Waals surface area (Å²) in [4.78, 5) is 4.63. The zero-order valence-corrected chi connectivity index (χ0v) is 11.8. The Bertz CT molecular complexity index is 766. The summed E-state index contributed by atoms with van der Waals surface area (Å²) in [6.45, 7) is 1.98. The third-order valence-corrected chi connectivity index (χ3v) is 3.85. The van der Waals surface area contributed by atoms with Crippen molar-refractivity contribution < 1.29 is 0 Å². The fraction of sp³-hybridized carbons (Fsp3) is 0.0625. The van der Waals surface area contributed by atoms with Gasteiger partial charge in [0.1, 0.15) is 0 Å². The van der Waals surface area contributed by atoms with Crippen LogP contribution < -0.4 is 0 Å². The Labute approximate surface area is 121 Å². The topological polar surface area (TPSA) is 12.9 Å². The van der Waals surface area contributed by atoms with Crippen molar-refractivity contribution in [3.8, 4) is 11.3 Å². The summed E-state index contributed by atoms with van der Waals surface area (Å²) in [6, 6.07) is 15.6. The van der Waals surface area contributed by atoms with Crippen LogP contribution in [-0.4, -0.2) is 4.98 Å². The van der Waals surface area contributed by atoms with Crippen molar-refractivity contribution in [1.82, 2.24) is 4.98 Å². The lowest BCUT2D eigenvalue weighted by Crippen LogP contribution is -1.87. The van der Waals surface area contributed by atoms with Gasteiger partial charge in [-0.25, -0.2) is 4.98 Å². The van der Waals surface area contributed by atoms with Crippen LogP contribution in [0.25, 0.3) is 22.2 Å². The van der Waals surface area contributed by atoms with E-state index in [1.165, 1.54) is 0 Å². The molecule has 0 spiro atoms. The van der Waals surface area contributed by atoms with Gasteiger partial charge in [0.2, 0.25) is 0 Å². The van der Waals surface area contributed by atoms with Crippen molar-refractivity contribution in [3.63, 3.8) is 0 Å². The number of para-hydroxylation sites is 1. The Morgan fingerprint density at radius 3 is 2.47 bits per heavy atom. The summed E-state index contributed by atoms with van der Waals surface area (Å²) < 4.78 is 0. The maximum Gasteiger partial charge on any atom is 0.0725 e. The maximum absolute atomic E-state index is 6.31. The first kappa shape index (κ1) is 12.5. The highest BCUT2D eigenvalue weighted by Crippen LogP contribution is 2.29. The van der Waals surface area contributed by atoms with Gasteiger partial charge in [-0.15, -0.1) is 0 Å². The van der Waals surface area contributed by atoms with E-state index in [1.807, 2.05) is 55.5 Å². The zero-order chi connectivity index (χ0) is 13.4. The lowest BCUT2D eigenvalue weighted by Gasteiger charge is -2.07. The van der Waals surface area contributed by atoms with Gasteiger partial charge in [-0.2, -0.15) is 0 Å². The van der Waals surface area contributed by atoms with Gasteiger partial charge in [-0.3, -0.25) is 0 Å². The zero-order valence-electron chi connectivity index (χ0n) is 10.3. The minimum absolute atomic E-state index is 0.706. The van der Waals surface area contributed by atoms with Crippen molar-refractivity contribution in [2.24, 2.45) is 0 Å². The number of rotatable bonds is 1. The molecule has 1 aromatic heterocycles. The first-order chi connectivity index (χ1) is 9.15. The molecule has 0 unspecified atom stereocenters. The highest BCUT2D eigenvalue weighted by Gasteiger charge is 2.07. The summed E-state index contributed by atoms with van der Waals surface area (Å²) in [5.41, 5.74) is 3.76. The van der Waals surface area contributed by atoms with E-state index in [-0.39, 0.29) is 0 Å². The van der Waals surface area contributed by atoms with E-state index in [4.69, 9.17) is 23.2 Å². The molecule has 3 aromatic rings. The average molecular weight is 288 g/mol. The SMILES string of the molecule is Cc1ccc(-c2cc(Cl)c3ccccc3n2)cc1Cl. The summed E-state index contributed by atoms with van der Waals surface area (Å²) in [7, 11) is 0. The second-order valence-electron chi connectivity index (χ2n) is 4.47. The molecule has 0 radical (unpaired) electrons. The molecule has 0 aliphatic heterocycles. The molecule has 0 saturated carbocycles. The Morgan fingerprint density at radius 2 is 1.68 bits per heavy atom. The third kappa shape index (κ3) is 2.32. The Kier molecular flexibility index (Phi) is 3.17. The van der Waals surface area contributed by atoms with E-state index in [0.29, 0.717) is 5.02 Å². The largest absolute Gasteiger partial charge is 0.248 e. The van der Waals surface area contributed by atoms with Crippen molar-refractivity contribution in [2.45, 2.75) is 6.92 Å². The molecular weight excluding hydrogens is 277 g/mol. The summed E-state index contributed by atoms with van der Waals surface area (Å²) in [6.07, 6.45) is 0. The fourth-order valence-electron chi connectivity index (χ4n) is 2.03. The van der Waals surface area contributed by atoms with Crippen molar-refractivity contribution in [1.29, 1.82) is 0 Å². The number of fused-ring (bicyclic) bond motifs is 1. The second-order valence-corrected chi connectivity index (χ2v) is 5.28. The number of pyridine rings is 1. The average Bonchev–Trinajstić information content (AvgIpc) is 2.42. The number of aromatic nitrogens is 1. The van der Waals surface area contributed by atoms with Crippen molar-refractivity contribution >= 4 is 34.1 Å². The number of nitrogens with zero attached hydrogens (tertiary/aromatic N) is 1. The molecule has 0 atom stereocenters. The molecule has 1 nitrogen and oxygen atoms in total. The normalized spacial score (nSPS) is 10.9. The van der Waals surface area contributed by atoms with E-state index >= 15 is 0 Å². The summed E-state index contributed by atoms with van der Waals surface area (Å²) in [5.74, 6) is 0. The van der Waals surface area contributed by atoms with Crippen molar-refractivity contribution in [2.75, 3.05) is 0 Å². The van der Waals surface area contributed by atoms with Gasteiger partial charge in [0.05, 0.1) is 16.2 Å². The molecular formula is C16H11Cl2N. The number of halogens is 2. The predicted octanol–water partition coefficient (Wildman–Crippen LogP) is 5.52. The van der Waals surface area contributed by atoms with Crippen LogP contribution in [0.15, 0.2) is 48.5 Å². The fourth-order valence-corrected chi connectivity index (χ4v) is 2.48. The van der Waals surface area contributed by atoms with Crippen molar-refractivity contribution in [3.05, 3.63) is 64.1 Å². The van der Waals surface area contributed by atoms with Gasteiger partial charge >= 0.3 is 0 Å². The predicted molar refractivity (Wildman–Crippen MR) is 81.9 cm³/mol. The number of hydrogen-bond acceptors (Lipinski definition) is 1. The molecule has 3 heteroatoms. The Morgan fingerprint density at radius 1 is 0.895 bits per heavy atom. The minimum atomic E-state index is 0.706. The van der Waals surface area contributed by atoms with E-state index in [2.05, 4.69) is 4.98 Å². The van der Waals surface area contributed by atoms with Gasteiger partial charge in [-0.05, 0) is 30.7 Å². The Balaban J connectivity index is 2.22. The lowest BCUT2D eigenvalue weighted by molar-refractivity contribution is 1.38. The molecule has 2 aromatic carbocycles. The maximum atomic E-state index is 6.31. The Hall–Kier alpha value is -1.57.